The van der Waals surface area contributed by atoms with Crippen LogP contribution in [-0.4, -0.2) is 18.2 Å². The molecule has 0 heterocycles. The van der Waals surface area contributed by atoms with Crippen LogP contribution in [-0.2, 0) is 0 Å². The van der Waals surface area contributed by atoms with Gasteiger partial charge in [-0.1, -0.05) is 41.9 Å². The Morgan fingerprint density at radius 2 is 2.10 bits per heavy atom. The highest BCUT2D eigenvalue weighted by atomic mass is 33.1. The van der Waals surface area contributed by atoms with E-state index in [4.69, 9.17) is 0 Å². The summed E-state index contributed by atoms with van der Waals surface area (Å²) in [6, 6.07) is 0. The highest BCUT2D eigenvalue weighted by molar-refractivity contribution is 8.76. The third kappa shape index (κ3) is 3.71. The number of halogens is 1. The van der Waals surface area contributed by atoms with Crippen LogP contribution in [0.25, 0.3) is 0 Å². The van der Waals surface area contributed by atoms with E-state index < -0.39 is 0 Å². The SMILES string of the molecule is CCC(C)C(CF)SSC. The molecule has 0 rings (SSSR count). The van der Waals surface area contributed by atoms with Gasteiger partial charge in [-0.3, -0.25) is 0 Å². The van der Waals surface area contributed by atoms with Crippen LogP contribution >= 0.6 is 21.6 Å². The fraction of sp³-hybridized carbons (Fsp3) is 1.00. The lowest BCUT2D eigenvalue weighted by atomic mass is 10.1. The lowest BCUT2D eigenvalue weighted by molar-refractivity contribution is 0.411. The molecule has 0 aromatic carbocycles. The number of hydrogen-bond acceptors (Lipinski definition) is 2. The quantitative estimate of drug-likeness (QED) is 0.598. The zero-order valence-electron chi connectivity index (χ0n) is 6.76. The predicted molar refractivity (Wildman–Crippen MR) is 50.3 cm³/mol. The topological polar surface area (TPSA) is 0 Å². The third-order valence-electron chi connectivity index (χ3n) is 1.65. The van der Waals surface area contributed by atoms with Gasteiger partial charge in [0.25, 0.3) is 0 Å². The van der Waals surface area contributed by atoms with Crippen LogP contribution in [0.5, 0.6) is 0 Å². The summed E-state index contributed by atoms with van der Waals surface area (Å²) in [5.74, 6) is 0.502. The molecule has 0 aliphatic heterocycles. The summed E-state index contributed by atoms with van der Waals surface area (Å²) in [6.07, 6.45) is 3.07. The molecule has 0 aromatic heterocycles. The van der Waals surface area contributed by atoms with Gasteiger partial charge in [-0.2, -0.15) is 0 Å². The summed E-state index contributed by atoms with van der Waals surface area (Å²) in [6.45, 7) is 4.02. The Hall–Kier alpha value is 0.630. The minimum absolute atomic E-state index is 0.194. The van der Waals surface area contributed by atoms with E-state index in [1.165, 1.54) is 0 Å². The molecule has 0 nitrogen and oxygen atoms in total. The summed E-state index contributed by atoms with van der Waals surface area (Å²) >= 11 is 0. The normalized spacial score (nSPS) is 16.8. The van der Waals surface area contributed by atoms with E-state index in [9.17, 15) is 4.39 Å². The zero-order chi connectivity index (χ0) is 7.98. The van der Waals surface area contributed by atoms with Crippen LogP contribution in [0.15, 0.2) is 0 Å². The van der Waals surface area contributed by atoms with Gasteiger partial charge in [0.15, 0.2) is 0 Å². The lowest BCUT2D eigenvalue weighted by Crippen LogP contribution is -2.14. The van der Waals surface area contributed by atoms with Crippen LogP contribution < -0.4 is 0 Å². The van der Waals surface area contributed by atoms with E-state index in [0.717, 1.165) is 6.42 Å². The van der Waals surface area contributed by atoms with Crippen LogP contribution in [0.1, 0.15) is 20.3 Å². The number of hydrogen-bond donors (Lipinski definition) is 0. The first kappa shape index (κ1) is 10.6. The standard InChI is InChI=1S/C7H15FS2/c1-4-6(2)7(5-8)10-9-3/h6-7H,4-5H2,1-3H3. The summed E-state index contributed by atoms with van der Waals surface area (Å²) in [4.78, 5) is 0. The van der Waals surface area contributed by atoms with Gasteiger partial charge in [-0.05, 0) is 12.2 Å². The molecule has 0 aromatic rings. The summed E-state index contributed by atoms with van der Waals surface area (Å²) < 4.78 is 12.2. The van der Waals surface area contributed by atoms with Gasteiger partial charge < -0.3 is 0 Å². The average molecular weight is 182 g/mol. The molecule has 0 bridgehead atoms. The molecule has 0 N–H and O–H groups in total. The number of alkyl halides is 1. The Balaban J connectivity index is 3.56. The van der Waals surface area contributed by atoms with Crippen molar-refractivity contribution in [2.45, 2.75) is 25.5 Å². The van der Waals surface area contributed by atoms with Crippen LogP contribution in [0.4, 0.5) is 4.39 Å². The Labute approximate surface area is 70.7 Å². The van der Waals surface area contributed by atoms with E-state index in [1.54, 1.807) is 21.6 Å². The van der Waals surface area contributed by atoms with E-state index in [1.807, 2.05) is 6.26 Å². The molecule has 2 atom stereocenters. The van der Waals surface area contributed by atoms with Gasteiger partial charge in [0, 0.05) is 5.25 Å². The maximum Gasteiger partial charge on any atom is 0.102 e. The van der Waals surface area contributed by atoms with Crippen LogP contribution in [0, 0.1) is 5.92 Å². The van der Waals surface area contributed by atoms with Crippen molar-refractivity contribution in [2.24, 2.45) is 5.92 Å². The van der Waals surface area contributed by atoms with Crippen LogP contribution in [0.2, 0.25) is 0 Å². The number of rotatable bonds is 5. The summed E-state index contributed by atoms with van der Waals surface area (Å²) in [5, 5.41) is 0.194. The molecular formula is C7H15FS2. The van der Waals surface area contributed by atoms with Crippen molar-refractivity contribution in [2.75, 3.05) is 12.9 Å². The van der Waals surface area contributed by atoms with E-state index in [0.29, 0.717) is 5.92 Å². The lowest BCUT2D eigenvalue weighted by Gasteiger charge is -2.16. The molecule has 0 fully saturated rings. The summed E-state index contributed by atoms with van der Waals surface area (Å²) in [7, 11) is 3.31. The molecule has 0 spiro atoms. The zero-order valence-corrected chi connectivity index (χ0v) is 8.40. The Bertz CT molecular complexity index is 78.0. The molecule has 0 aliphatic rings. The second kappa shape index (κ2) is 6.35. The average Bonchev–Trinajstić information content (AvgIpc) is 1.99. The van der Waals surface area contributed by atoms with Crippen molar-refractivity contribution < 1.29 is 4.39 Å². The second-order valence-electron chi connectivity index (χ2n) is 2.34. The predicted octanol–water partition coefficient (Wildman–Crippen LogP) is 3.38. The molecule has 10 heavy (non-hydrogen) atoms. The molecule has 3 heteroatoms. The minimum Gasteiger partial charge on any atom is -0.250 e. The summed E-state index contributed by atoms with van der Waals surface area (Å²) in [5.41, 5.74) is 0. The largest absolute Gasteiger partial charge is 0.250 e. The Morgan fingerprint density at radius 3 is 2.40 bits per heavy atom. The molecule has 62 valence electrons. The second-order valence-corrected chi connectivity index (χ2v) is 5.05. The molecule has 0 aliphatic carbocycles. The maximum absolute atomic E-state index is 12.2. The monoisotopic (exact) mass is 182 g/mol. The minimum atomic E-state index is -0.194. The Morgan fingerprint density at radius 1 is 1.50 bits per heavy atom. The smallest absolute Gasteiger partial charge is 0.102 e. The van der Waals surface area contributed by atoms with Crippen molar-refractivity contribution in [1.29, 1.82) is 0 Å². The molecule has 0 saturated carbocycles. The fourth-order valence-corrected chi connectivity index (χ4v) is 2.80. The van der Waals surface area contributed by atoms with E-state index >= 15 is 0 Å². The fourth-order valence-electron chi connectivity index (χ4n) is 0.659. The first-order valence-corrected chi connectivity index (χ1v) is 6.13. The highest BCUT2D eigenvalue weighted by Crippen LogP contribution is 2.30. The molecule has 0 radical (unpaired) electrons. The van der Waals surface area contributed by atoms with Gasteiger partial charge in [0.2, 0.25) is 0 Å². The van der Waals surface area contributed by atoms with Crippen LogP contribution in [0.3, 0.4) is 0 Å². The van der Waals surface area contributed by atoms with E-state index in [-0.39, 0.29) is 11.9 Å². The van der Waals surface area contributed by atoms with Gasteiger partial charge in [-0.25, -0.2) is 4.39 Å². The van der Waals surface area contributed by atoms with Crippen molar-refractivity contribution in [3.8, 4) is 0 Å². The maximum atomic E-state index is 12.2. The molecule has 0 saturated heterocycles. The van der Waals surface area contributed by atoms with Gasteiger partial charge in [-0.15, -0.1) is 0 Å². The van der Waals surface area contributed by atoms with Crippen molar-refractivity contribution in [3.05, 3.63) is 0 Å². The first-order chi connectivity index (χ1) is 4.76. The van der Waals surface area contributed by atoms with Crippen molar-refractivity contribution in [1.82, 2.24) is 0 Å². The molecule has 0 amide bonds. The first-order valence-electron chi connectivity index (χ1n) is 3.51. The third-order valence-corrected chi connectivity index (χ3v) is 4.00. The molecular weight excluding hydrogens is 167 g/mol. The van der Waals surface area contributed by atoms with Crippen molar-refractivity contribution >= 4 is 21.6 Å². The molecule has 2 unspecified atom stereocenters. The van der Waals surface area contributed by atoms with Crippen molar-refractivity contribution in [3.63, 3.8) is 0 Å². The highest BCUT2D eigenvalue weighted by Gasteiger charge is 2.15. The Kier molecular flexibility index (Phi) is 6.75. The van der Waals surface area contributed by atoms with Gasteiger partial charge in [0.05, 0.1) is 0 Å². The van der Waals surface area contributed by atoms with Gasteiger partial charge >= 0.3 is 0 Å². The van der Waals surface area contributed by atoms with Gasteiger partial charge in [0.1, 0.15) is 6.67 Å². The van der Waals surface area contributed by atoms with E-state index in [2.05, 4.69) is 13.8 Å².